The second kappa shape index (κ2) is 5.81. The summed E-state index contributed by atoms with van der Waals surface area (Å²) in [4.78, 5) is 4.16. The predicted molar refractivity (Wildman–Crippen MR) is 75.2 cm³/mol. The number of nitrogens with zero attached hydrogens (tertiary/aromatic N) is 2. The average molecular weight is 294 g/mol. The van der Waals surface area contributed by atoms with Crippen LogP contribution in [0.2, 0.25) is 5.02 Å². The third-order valence-electron chi connectivity index (χ3n) is 3.22. The highest BCUT2D eigenvalue weighted by Gasteiger charge is 2.22. The van der Waals surface area contributed by atoms with E-state index in [9.17, 15) is 0 Å². The number of fused-ring (bicyclic) bond motifs is 1. The largest absolute Gasteiger partial charge is 0.488 e. The van der Waals surface area contributed by atoms with Crippen molar-refractivity contribution in [3.8, 4) is 5.75 Å². The number of ether oxygens (including phenoxy) is 1. The maximum absolute atomic E-state index is 5.97. The van der Waals surface area contributed by atoms with Crippen LogP contribution >= 0.6 is 11.6 Å². The predicted octanol–water partition coefficient (Wildman–Crippen LogP) is 2.17. The Morgan fingerprint density at radius 3 is 3.15 bits per heavy atom. The number of hydrogen-bond acceptors (Lipinski definition) is 5. The molecule has 1 aliphatic heterocycles. The molecule has 5 nitrogen and oxygen atoms in total. The van der Waals surface area contributed by atoms with Crippen molar-refractivity contribution in [1.29, 1.82) is 0 Å². The molecule has 106 valence electrons. The summed E-state index contributed by atoms with van der Waals surface area (Å²) in [7, 11) is 0. The molecule has 2 heterocycles. The van der Waals surface area contributed by atoms with Crippen LogP contribution in [-0.2, 0) is 12.8 Å². The summed E-state index contributed by atoms with van der Waals surface area (Å²) in [6.45, 7) is 3.40. The molecule has 0 bridgehead atoms. The Labute approximate surface area is 122 Å². The van der Waals surface area contributed by atoms with Gasteiger partial charge in [-0.1, -0.05) is 16.8 Å². The number of aryl methyl sites for hydroxylation is 1. The van der Waals surface area contributed by atoms with Gasteiger partial charge in [-0.3, -0.25) is 0 Å². The van der Waals surface area contributed by atoms with Crippen LogP contribution in [-0.4, -0.2) is 29.3 Å². The molecule has 1 N–H and O–H groups in total. The van der Waals surface area contributed by atoms with Crippen molar-refractivity contribution in [2.45, 2.75) is 25.9 Å². The van der Waals surface area contributed by atoms with Gasteiger partial charge >= 0.3 is 0 Å². The summed E-state index contributed by atoms with van der Waals surface area (Å²) in [5.41, 5.74) is 1.18. The van der Waals surface area contributed by atoms with E-state index in [1.54, 1.807) is 0 Å². The highest BCUT2D eigenvalue weighted by Crippen LogP contribution is 2.30. The Bertz CT molecular complexity index is 600. The Morgan fingerprint density at radius 1 is 1.45 bits per heavy atom. The van der Waals surface area contributed by atoms with Crippen LogP contribution in [0.3, 0.4) is 0 Å². The molecule has 0 saturated carbocycles. The lowest BCUT2D eigenvalue weighted by Crippen LogP contribution is -2.31. The molecule has 1 unspecified atom stereocenters. The third-order valence-corrected chi connectivity index (χ3v) is 3.46. The molecule has 6 heteroatoms. The first-order valence-electron chi connectivity index (χ1n) is 6.66. The minimum absolute atomic E-state index is 0.160. The molecule has 0 aliphatic carbocycles. The third kappa shape index (κ3) is 3.11. The second-order valence-corrected chi connectivity index (χ2v) is 5.32. The molecule has 1 aliphatic rings. The lowest BCUT2D eigenvalue weighted by Gasteiger charge is -2.11. The van der Waals surface area contributed by atoms with Crippen molar-refractivity contribution in [2.75, 3.05) is 13.1 Å². The normalized spacial score (nSPS) is 17.0. The number of benzene rings is 1. The van der Waals surface area contributed by atoms with E-state index in [0.717, 1.165) is 36.7 Å². The van der Waals surface area contributed by atoms with Gasteiger partial charge in [-0.05, 0) is 30.7 Å². The molecule has 0 radical (unpaired) electrons. The zero-order chi connectivity index (χ0) is 13.9. The first kappa shape index (κ1) is 13.4. The van der Waals surface area contributed by atoms with E-state index in [0.29, 0.717) is 11.7 Å². The number of halogens is 1. The highest BCUT2D eigenvalue weighted by molar-refractivity contribution is 6.30. The van der Waals surface area contributed by atoms with Crippen LogP contribution in [0.25, 0.3) is 0 Å². The minimum atomic E-state index is 0.160. The monoisotopic (exact) mass is 293 g/mol. The van der Waals surface area contributed by atoms with Crippen molar-refractivity contribution in [2.24, 2.45) is 0 Å². The van der Waals surface area contributed by atoms with Gasteiger partial charge < -0.3 is 14.6 Å². The molecule has 1 aromatic heterocycles. The van der Waals surface area contributed by atoms with E-state index in [4.69, 9.17) is 20.9 Å². The van der Waals surface area contributed by atoms with Gasteiger partial charge in [-0.15, -0.1) is 0 Å². The van der Waals surface area contributed by atoms with E-state index in [-0.39, 0.29) is 6.10 Å². The van der Waals surface area contributed by atoms with Crippen molar-refractivity contribution in [3.05, 3.63) is 40.5 Å². The van der Waals surface area contributed by atoms with Gasteiger partial charge in [0.25, 0.3) is 0 Å². The summed E-state index contributed by atoms with van der Waals surface area (Å²) < 4.78 is 10.9. The van der Waals surface area contributed by atoms with E-state index < -0.39 is 0 Å². The fourth-order valence-electron chi connectivity index (χ4n) is 2.30. The topological polar surface area (TPSA) is 60.2 Å². The Balaban J connectivity index is 1.42. The Hall–Kier alpha value is -1.59. The lowest BCUT2D eigenvalue weighted by molar-refractivity contribution is 0.227. The Morgan fingerprint density at radius 2 is 2.35 bits per heavy atom. The highest BCUT2D eigenvalue weighted by atomic mass is 35.5. The quantitative estimate of drug-likeness (QED) is 0.856. The molecule has 1 atom stereocenters. The molecule has 0 fully saturated rings. The van der Waals surface area contributed by atoms with Crippen LogP contribution in [0, 0.1) is 6.92 Å². The van der Waals surface area contributed by atoms with Crippen molar-refractivity contribution in [1.82, 2.24) is 15.5 Å². The maximum Gasteiger partial charge on any atom is 0.227 e. The molecule has 0 spiro atoms. The molecule has 1 aromatic carbocycles. The van der Waals surface area contributed by atoms with E-state index in [1.807, 2.05) is 25.1 Å². The molecule has 0 saturated heterocycles. The number of aromatic nitrogens is 2. The van der Waals surface area contributed by atoms with Crippen LogP contribution < -0.4 is 10.1 Å². The standard InChI is InChI=1S/C14H16ClN3O2/c1-9-17-14(20-18-9)4-5-16-8-12-7-10-6-11(15)2-3-13(10)19-12/h2-3,6,12,16H,4-5,7-8H2,1H3. The van der Waals surface area contributed by atoms with E-state index in [2.05, 4.69) is 15.5 Å². The van der Waals surface area contributed by atoms with Crippen molar-refractivity contribution >= 4 is 11.6 Å². The number of nitrogens with one attached hydrogen (secondary N) is 1. The van der Waals surface area contributed by atoms with E-state index >= 15 is 0 Å². The number of rotatable bonds is 5. The van der Waals surface area contributed by atoms with Gasteiger partial charge in [0.15, 0.2) is 5.82 Å². The van der Waals surface area contributed by atoms with Gasteiger partial charge in [-0.2, -0.15) is 4.98 Å². The van der Waals surface area contributed by atoms with Gasteiger partial charge in [0.05, 0.1) is 0 Å². The summed E-state index contributed by atoms with van der Waals surface area (Å²) in [6, 6.07) is 5.76. The van der Waals surface area contributed by atoms with Crippen LogP contribution in [0.15, 0.2) is 22.7 Å². The van der Waals surface area contributed by atoms with Crippen molar-refractivity contribution < 1.29 is 9.26 Å². The second-order valence-electron chi connectivity index (χ2n) is 4.89. The van der Waals surface area contributed by atoms with Gasteiger partial charge in [0.1, 0.15) is 11.9 Å². The molecule has 3 rings (SSSR count). The molecular formula is C14H16ClN3O2. The van der Waals surface area contributed by atoms with Gasteiger partial charge in [0.2, 0.25) is 5.89 Å². The minimum Gasteiger partial charge on any atom is -0.488 e. The zero-order valence-electron chi connectivity index (χ0n) is 11.2. The van der Waals surface area contributed by atoms with Crippen LogP contribution in [0.5, 0.6) is 5.75 Å². The summed E-state index contributed by atoms with van der Waals surface area (Å²) >= 11 is 5.97. The maximum atomic E-state index is 5.97. The van der Waals surface area contributed by atoms with Crippen LogP contribution in [0.4, 0.5) is 0 Å². The molecule has 2 aromatic rings. The smallest absolute Gasteiger partial charge is 0.227 e. The summed E-state index contributed by atoms with van der Waals surface area (Å²) in [5, 5.41) is 7.86. The van der Waals surface area contributed by atoms with Gasteiger partial charge in [-0.25, -0.2) is 0 Å². The van der Waals surface area contributed by atoms with Gasteiger partial charge in [0, 0.05) is 31.0 Å². The molecule has 20 heavy (non-hydrogen) atoms. The Kier molecular flexibility index (Phi) is 3.89. The van der Waals surface area contributed by atoms with E-state index in [1.165, 1.54) is 5.56 Å². The SMILES string of the molecule is Cc1noc(CCNCC2Cc3cc(Cl)ccc3O2)n1. The zero-order valence-corrected chi connectivity index (χ0v) is 12.0. The molecular weight excluding hydrogens is 278 g/mol. The fraction of sp³-hybridized carbons (Fsp3) is 0.429. The summed E-state index contributed by atoms with van der Waals surface area (Å²) in [5.74, 6) is 2.28. The van der Waals surface area contributed by atoms with Crippen LogP contribution in [0.1, 0.15) is 17.3 Å². The fourth-order valence-corrected chi connectivity index (χ4v) is 2.50. The lowest BCUT2D eigenvalue weighted by atomic mass is 10.1. The number of hydrogen-bond donors (Lipinski definition) is 1. The average Bonchev–Trinajstić information content (AvgIpc) is 3.00. The molecule has 0 amide bonds. The first-order chi connectivity index (χ1) is 9.70. The summed E-state index contributed by atoms with van der Waals surface area (Å²) in [6.07, 6.45) is 1.78. The first-order valence-corrected chi connectivity index (χ1v) is 7.03. The van der Waals surface area contributed by atoms with Crippen molar-refractivity contribution in [3.63, 3.8) is 0 Å².